The van der Waals surface area contributed by atoms with Crippen molar-refractivity contribution in [3.8, 4) is 0 Å². The molecule has 1 aromatic heterocycles. The van der Waals surface area contributed by atoms with Crippen molar-refractivity contribution >= 4 is 11.9 Å². The number of piperazine rings is 1. The minimum Gasteiger partial charge on any atom is -0.358 e. The van der Waals surface area contributed by atoms with Gasteiger partial charge in [-0.05, 0) is 11.6 Å². The maximum atomic E-state index is 11.3. The van der Waals surface area contributed by atoms with Crippen LogP contribution in [0.2, 0.25) is 0 Å². The average Bonchev–Trinajstić information content (AvgIpc) is 2.88. The number of aryl methyl sites for hydroxylation is 1. The summed E-state index contributed by atoms with van der Waals surface area (Å²) in [7, 11) is 1.66. The Labute approximate surface area is 112 Å². The van der Waals surface area contributed by atoms with Crippen LogP contribution in [0.3, 0.4) is 0 Å². The molecule has 0 aliphatic carbocycles. The molecular weight excluding hydrogens is 246 g/mol. The SMILES string of the molecule is CCCc1nc(N2CCN(CC(=O)NC)CC2)no1. The van der Waals surface area contributed by atoms with Gasteiger partial charge < -0.3 is 14.7 Å². The Kier molecular flexibility index (Phi) is 4.73. The van der Waals surface area contributed by atoms with Gasteiger partial charge in [-0.1, -0.05) is 6.92 Å². The predicted molar refractivity (Wildman–Crippen MR) is 71.0 cm³/mol. The van der Waals surface area contributed by atoms with Gasteiger partial charge in [0, 0.05) is 39.6 Å². The summed E-state index contributed by atoms with van der Waals surface area (Å²) >= 11 is 0. The number of nitrogens with one attached hydrogen (secondary N) is 1. The molecule has 2 rings (SSSR count). The van der Waals surface area contributed by atoms with E-state index in [0.29, 0.717) is 18.4 Å². The summed E-state index contributed by atoms with van der Waals surface area (Å²) in [5, 5.41) is 6.64. The Morgan fingerprint density at radius 2 is 2.11 bits per heavy atom. The Hall–Kier alpha value is -1.63. The lowest BCUT2D eigenvalue weighted by Crippen LogP contribution is -2.49. The number of amides is 1. The standard InChI is InChI=1S/C12H21N5O2/c1-3-4-11-14-12(15-19-11)17-7-5-16(6-8-17)9-10(18)13-2/h3-9H2,1-2H3,(H,13,18). The third kappa shape index (κ3) is 3.66. The first-order chi connectivity index (χ1) is 9.22. The topological polar surface area (TPSA) is 74.5 Å². The van der Waals surface area contributed by atoms with Crippen LogP contribution in [0.15, 0.2) is 4.52 Å². The molecule has 0 saturated carbocycles. The molecule has 0 radical (unpaired) electrons. The van der Waals surface area contributed by atoms with Crippen molar-refractivity contribution in [2.24, 2.45) is 0 Å². The number of nitrogens with zero attached hydrogens (tertiary/aromatic N) is 4. The quantitative estimate of drug-likeness (QED) is 0.802. The molecule has 1 aliphatic heterocycles. The molecule has 0 bridgehead atoms. The summed E-state index contributed by atoms with van der Waals surface area (Å²) in [5.74, 6) is 1.42. The van der Waals surface area contributed by atoms with Crippen molar-refractivity contribution in [3.05, 3.63) is 5.89 Å². The molecule has 2 heterocycles. The lowest BCUT2D eigenvalue weighted by molar-refractivity contribution is -0.121. The van der Waals surface area contributed by atoms with Crippen molar-refractivity contribution in [2.45, 2.75) is 19.8 Å². The molecule has 7 heteroatoms. The molecule has 0 unspecified atom stereocenters. The van der Waals surface area contributed by atoms with E-state index in [9.17, 15) is 4.79 Å². The van der Waals surface area contributed by atoms with Crippen molar-refractivity contribution in [1.82, 2.24) is 20.4 Å². The van der Waals surface area contributed by atoms with Gasteiger partial charge >= 0.3 is 0 Å². The Morgan fingerprint density at radius 3 is 2.74 bits per heavy atom. The van der Waals surface area contributed by atoms with Crippen molar-refractivity contribution in [3.63, 3.8) is 0 Å². The van der Waals surface area contributed by atoms with Gasteiger partial charge in [0.15, 0.2) is 0 Å². The minimum atomic E-state index is 0.0539. The van der Waals surface area contributed by atoms with E-state index >= 15 is 0 Å². The number of rotatable bonds is 5. The van der Waals surface area contributed by atoms with E-state index in [1.54, 1.807) is 7.05 Å². The molecular formula is C12H21N5O2. The summed E-state index contributed by atoms with van der Waals surface area (Å²) < 4.78 is 5.19. The van der Waals surface area contributed by atoms with Crippen LogP contribution in [-0.4, -0.2) is 60.7 Å². The highest BCUT2D eigenvalue weighted by atomic mass is 16.5. The van der Waals surface area contributed by atoms with Crippen molar-refractivity contribution in [1.29, 1.82) is 0 Å². The molecule has 1 aromatic rings. The van der Waals surface area contributed by atoms with Gasteiger partial charge in [0.25, 0.3) is 5.95 Å². The lowest BCUT2D eigenvalue weighted by atomic mass is 10.3. The zero-order valence-corrected chi connectivity index (χ0v) is 11.6. The summed E-state index contributed by atoms with van der Waals surface area (Å²) in [6.45, 7) is 5.86. The molecule has 1 fully saturated rings. The first-order valence-electron chi connectivity index (χ1n) is 6.73. The summed E-state index contributed by atoms with van der Waals surface area (Å²) in [5.41, 5.74) is 0. The third-order valence-electron chi connectivity index (χ3n) is 3.22. The number of hydrogen-bond donors (Lipinski definition) is 1. The van der Waals surface area contributed by atoms with Gasteiger partial charge in [0.2, 0.25) is 11.8 Å². The van der Waals surface area contributed by atoms with Crippen LogP contribution in [0.1, 0.15) is 19.2 Å². The first-order valence-corrected chi connectivity index (χ1v) is 6.73. The molecule has 1 aliphatic rings. The van der Waals surface area contributed by atoms with Gasteiger partial charge in [-0.25, -0.2) is 0 Å². The van der Waals surface area contributed by atoms with E-state index in [2.05, 4.69) is 32.2 Å². The van der Waals surface area contributed by atoms with Crippen molar-refractivity contribution in [2.75, 3.05) is 44.7 Å². The molecule has 0 atom stereocenters. The van der Waals surface area contributed by atoms with E-state index in [1.807, 2.05) is 0 Å². The fourth-order valence-corrected chi connectivity index (χ4v) is 2.08. The second-order valence-corrected chi connectivity index (χ2v) is 4.67. The number of likely N-dealkylation sites (N-methyl/N-ethyl adjacent to an activating group) is 1. The highest BCUT2D eigenvalue weighted by Crippen LogP contribution is 2.13. The van der Waals surface area contributed by atoms with Gasteiger partial charge in [-0.3, -0.25) is 9.69 Å². The number of carbonyl (C=O) groups excluding carboxylic acids is 1. The third-order valence-corrected chi connectivity index (χ3v) is 3.22. The van der Waals surface area contributed by atoms with Crippen LogP contribution >= 0.6 is 0 Å². The first kappa shape index (κ1) is 13.8. The number of hydrogen-bond acceptors (Lipinski definition) is 6. The molecule has 0 aromatic carbocycles. The predicted octanol–water partition coefficient (Wildman–Crippen LogP) is -0.110. The molecule has 7 nitrogen and oxygen atoms in total. The van der Waals surface area contributed by atoms with Crippen LogP contribution < -0.4 is 10.2 Å². The number of carbonyl (C=O) groups is 1. The second kappa shape index (κ2) is 6.51. The molecule has 1 N–H and O–H groups in total. The Bertz CT molecular complexity index is 412. The summed E-state index contributed by atoms with van der Waals surface area (Å²) in [6, 6.07) is 0. The van der Waals surface area contributed by atoms with Crippen LogP contribution in [0.5, 0.6) is 0 Å². The molecule has 1 amide bonds. The average molecular weight is 267 g/mol. The van der Waals surface area contributed by atoms with Crippen LogP contribution in [0.4, 0.5) is 5.95 Å². The van der Waals surface area contributed by atoms with Gasteiger partial charge in [0.05, 0.1) is 6.54 Å². The van der Waals surface area contributed by atoms with E-state index < -0.39 is 0 Å². The molecule has 19 heavy (non-hydrogen) atoms. The normalized spacial score (nSPS) is 16.6. The van der Waals surface area contributed by atoms with Gasteiger partial charge in [-0.15, -0.1) is 0 Å². The molecule has 0 spiro atoms. The van der Waals surface area contributed by atoms with Gasteiger partial charge in [-0.2, -0.15) is 4.98 Å². The van der Waals surface area contributed by atoms with E-state index in [1.165, 1.54) is 0 Å². The van der Waals surface area contributed by atoms with Gasteiger partial charge in [0.1, 0.15) is 0 Å². The summed E-state index contributed by atoms with van der Waals surface area (Å²) in [4.78, 5) is 19.9. The maximum Gasteiger partial charge on any atom is 0.266 e. The fourth-order valence-electron chi connectivity index (χ4n) is 2.08. The van der Waals surface area contributed by atoms with Crippen molar-refractivity contribution < 1.29 is 9.32 Å². The minimum absolute atomic E-state index is 0.0539. The van der Waals surface area contributed by atoms with Crippen LogP contribution in [0.25, 0.3) is 0 Å². The maximum absolute atomic E-state index is 11.3. The second-order valence-electron chi connectivity index (χ2n) is 4.67. The monoisotopic (exact) mass is 267 g/mol. The highest BCUT2D eigenvalue weighted by molar-refractivity contribution is 5.77. The molecule has 1 saturated heterocycles. The smallest absolute Gasteiger partial charge is 0.266 e. The molecule has 106 valence electrons. The zero-order valence-electron chi connectivity index (χ0n) is 11.6. The zero-order chi connectivity index (χ0) is 13.7. The summed E-state index contributed by atoms with van der Waals surface area (Å²) in [6.07, 6.45) is 1.82. The number of aromatic nitrogens is 2. The fraction of sp³-hybridized carbons (Fsp3) is 0.750. The van der Waals surface area contributed by atoms with Crippen LogP contribution in [0, 0.1) is 0 Å². The van der Waals surface area contributed by atoms with Crippen LogP contribution in [-0.2, 0) is 11.2 Å². The number of anilines is 1. The highest BCUT2D eigenvalue weighted by Gasteiger charge is 2.21. The lowest BCUT2D eigenvalue weighted by Gasteiger charge is -2.33. The Balaban J connectivity index is 1.83. The van der Waals surface area contributed by atoms with E-state index in [4.69, 9.17) is 4.52 Å². The van der Waals surface area contributed by atoms with E-state index in [-0.39, 0.29) is 5.91 Å². The largest absolute Gasteiger partial charge is 0.358 e. The van der Waals surface area contributed by atoms with E-state index in [0.717, 1.165) is 39.0 Å². The Morgan fingerprint density at radius 1 is 1.37 bits per heavy atom.